The van der Waals surface area contributed by atoms with Crippen LogP contribution in [-0.4, -0.2) is 61.7 Å². The molecule has 168 valence electrons. The van der Waals surface area contributed by atoms with Gasteiger partial charge in [0.2, 0.25) is 0 Å². The normalized spacial score (nSPS) is 14.0. The van der Waals surface area contributed by atoms with Crippen LogP contribution >= 0.6 is 0 Å². The average molecular weight is 444 g/mol. The van der Waals surface area contributed by atoms with Crippen molar-refractivity contribution in [1.82, 2.24) is 29.6 Å². The summed E-state index contributed by atoms with van der Waals surface area (Å²) in [5.41, 5.74) is 3.50. The summed E-state index contributed by atoms with van der Waals surface area (Å²) >= 11 is 0. The molecule has 1 saturated heterocycles. The molecule has 3 aromatic heterocycles. The van der Waals surface area contributed by atoms with Gasteiger partial charge in [0.1, 0.15) is 12.0 Å². The van der Waals surface area contributed by atoms with Crippen LogP contribution in [-0.2, 0) is 6.42 Å². The minimum absolute atomic E-state index is 0.0822. The lowest BCUT2D eigenvalue weighted by atomic mass is 10.2. The number of aromatic nitrogens is 5. The second-order valence-corrected chi connectivity index (χ2v) is 8.03. The summed E-state index contributed by atoms with van der Waals surface area (Å²) in [6, 6.07) is 12.1. The van der Waals surface area contributed by atoms with Crippen LogP contribution < -0.4 is 4.90 Å². The fraction of sp³-hybridized carbons (Fsp3) is 0.292. The van der Waals surface area contributed by atoms with Gasteiger partial charge < -0.3 is 14.3 Å². The van der Waals surface area contributed by atoms with Crippen LogP contribution in [0.3, 0.4) is 0 Å². The van der Waals surface area contributed by atoms with E-state index >= 15 is 0 Å². The lowest BCUT2D eigenvalue weighted by Gasteiger charge is -2.36. The van der Waals surface area contributed by atoms with Crippen LogP contribution in [0, 0.1) is 6.92 Å². The molecule has 4 aromatic rings. The van der Waals surface area contributed by atoms with Gasteiger partial charge in [-0.05, 0) is 36.8 Å². The summed E-state index contributed by atoms with van der Waals surface area (Å²) in [6.07, 6.45) is 5.67. The first-order valence-electron chi connectivity index (χ1n) is 11.1. The third kappa shape index (κ3) is 4.21. The molecule has 0 aliphatic carbocycles. The lowest BCUT2D eigenvalue weighted by Crippen LogP contribution is -2.48. The third-order valence-electron chi connectivity index (χ3n) is 5.78. The smallest absolute Gasteiger partial charge is 0.274 e. The number of rotatable bonds is 5. The van der Waals surface area contributed by atoms with Gasteiger partial charge in [-0.1, -0.05) is 24.2 Å². The highest BCUT2D eigenvalue weighted by Crippen LogP contribution is 2.24. The van der Waals surface area contributed by atoms with E-state index in [0.29, 0.717) is 48.3 Å². The van der Waals surface area contributed by atoms with Crippen LogP contribution in [0.15, 0.2) is 59.6 Å². The predicted molar refractivity (Wildman–Crippen MR) is 123 cm³/mol. The van der Waals surface area contributed by atoms with Crippen molar-refractivity contribution in [3.8, 4) is 17.3 Å². The molecule has 1 fully saturated rings. The Bertz CT molecular complexity index is 1270. The number of nitrogens with zero attached hydrogens (tertiary/aromatic N) is 7. The zero-order valence-corrected chi connectivity index (χ0v) is 18.7. The minimum atomic E-state index is -0.0822. The molecule has 4 heterocycles. The molecule has 5 rings (SSSR count). The number of hydrogen-bond donors (Lipinski definition) is 0. The number of benzene rings is 1. The van der Waals surface area contributed by atoms with Crippen LogP contribution in [0.2, 0.25) is 0 Å². The highest BCUT2D eigenvalue weighted by atomic mass is 16.5. The third-order valence-corrected chi connectivity index (χ3v) is 5.78. The molecular weight excluding hydrogens is 418 g/mol. The topological polar surface area (TPSA) is 93.2 Å². The number of anilines is 1. The van der Waals surface area contributed by atoms with Crippen LogP contribution in [0.25, 0.3) is 17.3 Å². The van der Waals surface area contributed by atoms with Crippen molar-refractivity contribution in [3.63, 3.8) is 0 Å². The molecule has 0 bridgehead atoms. The fourth-order valence-corrected chi connectivity index (χ4v) is 3.98. The molecule has 0 unspecified atom stereocenters. The largest absolute Gasteiger partial charge is 0.368 e. The maximum absolute atomic E-state index is 13.1. The van der Waals surface area contributed by atoms with Crippen molar-refractivity contribution in [1.29, 1.82) is 0 Å². The van der Waals surface area contributed by atoms with E-state index in [0.717, 1.165) is 13.1 Å². The number of aryl methyl sites for hydroxylation is 2. The van der Waals surface area contributed by atoms with E-state index in [2.05, 4.69) is 56.2 Å². The van der Waals surface area contributed by atoms with E-state index in [9.17, 15) is 4.79 Å². The second kappa shape index (κ2) is 8.85. The van der Waals surface area contributed by atoms with E-state index in [1.165, 1.54) is 11.3 Å². The van der Waals surface area contributed by atoms with E-state index in [-0.39, 0.29) is 5.91 Å². The van der Waals surface area contributed by atoms with Gasteiger partial charge in [0.15, 0.2) is 11.6 Å². The first kappa shape index (κ1) is 20.9. The van der Waals surface area contributed by atoms with Crippen LogP contribution in [0.1, 0.15) is 28.8 Å². The zero-order chi connectivity index (χ0) is 22.8. The first-order valence-corrected chi connectivity index (χ1v) is 11.1. The first-order chi connectivity index (χ1) is 16.1. The predicted octanol–water partition coefficient (Wildman–Crippen LogP) is 3.15. The van der Waals surface area contributed by atoms with Crippen LogP contribution in [0.4, 0.5) is 5.69 Å². The molecule has 1 aliphatic rings. The Kier molecular flexibility index (Phi) is 5.60. The Labute approximate surface area is 191 Å². The monoisotopic (exact) mass is 443 g/mol. The Morgan fingerprint density at radius 2 is 1.94 bits per heavy atom. The maximum Gasteiger partial charge on any atom is 0.274 e. The molecule has 0 radical (unpaired) electrons. The van der Waals surface area contributed by atoms with E-state index < -0.39 is 0 Å². The molecule has 0 atom stereocenters. The van der Waals surface area contributed by atoms with Crippen LogP contribution in [0.5, 0.6) is 0 Å². The maximum atomic E-state index is 13.1. The van der Waals surface area contributed by atoms with Gasteiger partial charge in [0.25, 0.3) is 11.8 Å². The summed E-state index contributed by atoms with van der Waals surface area (Å²) < 4.78 is 7.12. The Hall–Kier alpha value is -4.01. The molecule has 0 N–H and O–H groups in total. The number of imidazole rings is 1. The van der Waals surface area contributed by atoms with Crippen molar-refractivity contribution >= 4 is 11.6 Å². The molecule has 9 nitrogen and oxygen atoms in total. The number of pyridine rings is 1. The summed E-state index contributed by atoms with van der Waals surface area (Å²) in [4.78, 5) is 30.5. The Balaban J connectivity index is 1.31. The molecule has 0 saturated carbocycles. The number of piperazine rings is 1. The van der Waals surface area contributed by atoms with Gasteiger partial charge in [0, 0.05) is 50.7 Å². The number of carbonyl (C=O) groups excluding carboxylic acids is 1. The van der Waals surface area contributed by atoms with Gasteiger partial charge in [-0.15, -0.1) is 0 Å². The van der Waals surface area contributed by atoms with Gasteiger partial charge in [-0.25, -0.2) is 9.97 Å². The Morgan fingerprint density at radius 3 is 2.70 bits per heavy atom. The summed E-state index contributed by atoms with van der Waals surface area (Å²) in [6.45, 7) is 6.93. The minimum Gasteiger partial charge on any atom is -0.368 e. The van der Waals surface area contributed by atoms with E-state index in [4.69, 9.17) is 4.52 Å². The second-order valence-electron chi connectivity index (χ2n) is 8.03. The van der Waals surface area contributed by atoms with Gasteiger partial charge in [-0.2, -0.15) is 4.98 Å². The molecule has 1 aliphatic heterocycles. The molecule has 1 aromatic carbocycles. The quantitative estimate of drug-likeness (QED) is 0.468. The average Bonchev–Trinajstić information content (AvgIpc) is 3.54. The number of hydrogen-bond acceptors (Lipinski definition) is 7. The van der Waals surface area contributed by atoms with Crippen molar-refractivity contribution in [2.45, 2.75) is 20.3 Å². The van der Waals surface area contributed by atoms with Crippen molar-refractivity contribution in [2.75, 3.05) is 31.1 Å². The lowest BCUT2D eigenvalue weighted by molar-refractivity contribution is 0.0741. The molecule has 0 spiro atoms. The van der Waals surface area contributed by atoms with Crippen molar-refractivity contribution < 1.29 is 9.32 Å². The SMILES string of the molecule is CCc1noc(-c2cccnc2-n2cnc(C(=O)N3CCN(c4cccc(C)c4)CC3)c2)n1. The number of amides is 1. The van der Waals surface area contributed by atoms with Crippen molar-refractivity contribution in [2.24, 2.45) is 0 Å². The summed E-state index contributed by atoms with van der Waals surface area (Å²) in [7, 11) is 0. The van der Waals surface area contributed by atoms with E-state index in [1.807, 2.05) is 24.0 Å². The van der Waals surface area contributed by atoms with Gasteiger partial charge in [0.05, 0.1) is 5.56 Å². The number of carbonyl (C=O) groups is 1. The van der Waals surface area contributed by atoms with Crippen molar-refractivity contribution in [3.05, 3.63) is 72.2 Å². The highest BCUT2D eigenvalue weighted by Gasteiger charge is 2.24. The van der Waals surface area contributed by atoms with E-state index in [1.54, 1.807) is 23.3 Å². The molecular formula is C24H25N7O2. The molecule has 1 amide bonds. The fourth-order valence-electron chi connectivity index (χ4n) is 3.98. The van der Waals surface area contributed by atoms with Gasteiger partial charge >= 0.3 is 0 Å². The standard InChI is InChI=1S/C24H25N7O2/c1-3-21-27-23(33-28-21)19-8-5-9-25-22(19)31-15-20(26-16-31)24(32)30-12-10-29(11-13-30)18-7-4-6-17(2)14-18/h4-9,14-16H,3,10-13H2,1-2H3. The molecule has 9 heteroatoms. The van der Waals surface area contributed by atoms with Gasteiger partial charge in [-0.3, -0.25) is 9.36 Å². The Morgan fingerprint density at radius 1 is 1.09 bits per heavy atom. The zero-order valence-electron chi connectivity index (χ0n) is 18.7. The highest BCUT2D eigenvalue weighted by molar-refractivity contribution is 5.92. The molecule has 33 heavy (non-hydrogen) atoms. The summed E-state index contributed by atoms with van der Waals surface area (Å²) in [5, 5.41) is 3.97. The summed E-state index contributed by atoms with van der Waals surface area (Å²) in [5.74, 6) is 1.52.